The van der Waals surface area contributed by atoms with Crippen molar-refractivity contribution < 1.29 is 4.74 Å². The highest BCUT2D eigenvalue weighted by Crippen LogP contribution is 2.20. The highest BCUT2D eigenvalue weighted by atomic mass is 16.5. The van der Waals surface area contributed by atoms with Gasteiger partial charge in [0.1, 0.15) is 17.6 Å². The van der Waals surface area contributed by atoms with Crippen LogP contribution in [0.4, 0.5) is 0 Å². The molecule has 8 nitrogen and oxygen atoms in total. The Bertz CT molecular complexity index is 749. The smallest absolute Gasteiger partial charge is 0.278 e. The zero-order chi connectivity index (χ0) is 12.5. The number of ether oxygens (including phenoxy) is 1. The highest BCUT2D eigenvalue weighted by Gasteiger charge is 2.11. The van der Waals surface area contributed by atoms with Gasteiger partial charge in [0.15, 0.2) is 0 Å². The quantitative estimate of drug-likeness (QED) is 0.676. The van der Waals surface area contributed by atoms with Crippen molar-refractivity contribution in [3.8, 4) is 11.7 Å². The summed E-state index contributed by atoms with van der Waals surface area (Å²) in [6, 6.07) is 5.14. The van der Waals surface area contributed by atoms with Gasteiger partial charge in [0.25, 0.3) is 11.5 Å². The lowest BCUT2D eigenvalue weighted by atomic mass is 10.2. The van der Waals surface area contributed by atoms with Crippen LogP contribution >= 0.6 is 0 Å². The molecule has 18 heavy (non-hydrogen) atoms. The van der Waals surface area contributed by atoms with Crippen molar-refractivity contribution in [1.82, 2.24) is 30.2 Å². The first-order valence-corrected chi connectivity index (χ1v) is 5.09. The van der Waals surface area contributed by atoms with Crippen molar-refractivity contribution in [1.29, 1.82) is 0 Å². The Morgan fingerprint density at radius 1 is 1.39 bits per heavy atom. The Kier molecular flexibility index (Phi) is 2.26. The molecule has 0 saturated heterocycles. The summed E-state index contributed by atoms with van der Waals surface area (Å²) in [7, 11) is 1.53. The van der Waals surface area contributed by atoms with Gasteiger partial charge >= 0.3 is 0 Å². The van der Waals surface area contributed by atoms with Crippen LogP contribution in [0.3, 0.4) is 0 Å². The number of aromatic amines is 1. The van der Waals surface area contributed by atoms with E-state index >= 15 is 0 Å². The molecule has 0 spiro atoms. The average molecular weight is 244 g/mol. The number of H-pyrrole nitrogens is 1. The van der Waals surface area contributed by atoms with Crippen LogP contribution in [-0.4, -0.2) is 37.3 Å². The van der Waals surface area contributed by atoms with E-state index in [1.54, 1.807) is 18.2 Å². The lowest BCUT2D eigenvalue weighted by molar-refractivity contribution is 0.418. The lowest BCUT2D eigenvalue weighted by Crippen LogP contribution is -2.20. The summed E-state index contributed by atoms with van der Waals surface area (Å²) in [6.45, 7) is 0. The van der Waals surface area contributed by atoms with Crippen LogP contribution in [0.25, 0.3) is 16.9 Å². The summed E-state index contributed by atoms with van der Waals surface area (Å²) in [5, 5.41) is 13.6. The van der Waals surface area contributed by atoms with Gasteiger partial charge < -0.3 is 4.74 Å². The second kappa shape index (κ2) is 3.91. The molecule has 90 valence electrons. The SMILES string of the molecule is COc1cccc2c(=O)n(-c3nn[nH]n3)cnc12. The van der Waals surface area contributed by atoms with Gasteiger partial charge in [0.05, 0.1) is 12.5 Å². The molecule has 1 N–H and O–H groups in total. The van der Waals surface area contributed by atoms with E-state index in [0.29, 0.717) is 16.7 Å². The molecular weight excluding hydrogens is 236 g/mol. The van der Waals surface area contributed by atoms with Crippen molar-refractivity contribution in [2.24, 2.45) is 0 Å². The Balaban J connectivity index is 2.34. The number of benzene rings is 1. The minimum atomic E-state index is -0.277. The molecule has 3 rings (SSSR count). The fraction of sp³-hybridized carbons (Fsp3) is 0.100. The molecule has 0 amide bonds. The Labute approximate surface area is 100 Å². The van der Waals surface area contributed by atoms with Gasteiger partial charge in [0, 0.05) is 0 Å². The van der Waals surface area contributed by atoms with Crippen LogP contribution in [0.1, 0.15) is 0 Å². The van der Waals surface area contributed by atoms with Crippen molar-refractivity contribution >= 4 is 10.9 Å². The molecule has 8 heteroatoms. The normalized spacial score (nSPS) is 10.7. The molecular formula is C10H8N6O2. The van der Waals surface area contributed by atoms with Gasteiger partial charge in [-0.3, -0.25) is 4.79 Å². The number of aromatic nitrogens is 6. The first kappa shape index (κ1) is 10.4. The van der Waals surface area contributed by atoms with Crippen molar-refractivity contribution in [2.75, 3.05) is 7.11 Å². The molecule has 0 radical (unpaired) electrons. The number of methoxy groups -OCH3 is 1. The van der Waals surface area contributed by atoms with E-state index in [4.69, 9.17) is 4.74 Å². The maximum Gasteiger partial charge on any atom is 0.278 e. The Hall–Kier alpha value is -2.77. The molecule has 0 aliphatic rings. The fourth-order valence-corrected chi connectivity index (χ4v) is 1.69. The fourth-order valence-electron chi connectivity index (χ4n) is 1.69. The van der Waals surface area contributed by atoms with Crippen LogP contribution in [0.5, 0.6) is 5.75 Å². The van der Waals surface area contributed by atoms with Gasteiger partial charge in [-0.2, -0.15) is 5.21 Å². The molecule has 0 atom stereocenters. The third-order valence-electron chi connectivity index (χ3n) is 2.52. The Morgan fingerprint density at radius 3 is 3.00 bits per heavy atom. The lowest BCUT2D eigenvalue weighted by Gasteiger charge is -2.05. The van der Waals surface area contributed by atoms with Gasteiger partial charge in [-0.1, -0.05) is 11.2 Å². The molecule has 1 aromatic carbocycles. The summed E-state index contributed by atoms with van der Waals surface area (Å²) in [5.74, 6) is 0.696. The largest absolute Gasteiger partial charge is 0.494 e. The molecule has 3 aromatic rings. The maximum atomic E-state index is 12.2. The van der Waals surface area contributed by atoms with Gasteiger partial charge in [0.2, 0.25) is 0 Å². The zero-order valence-electron chi connectivity index (χ0n) is 9.36. The summed E-state index contributed by atoms with van der Waals surface area (Å²) < 4.78 is 6.37. The number of nitrogens with one attached hydrogen (secondary N) is 1. The summed E-state index contributed by atoms with van der Waals surface area (Å²) in [5.41, 5.74) is 0.227. The standard InChI is InChI=1S/C10H8N6O2/c1-18-7-4-2-3-6-8(7)11-5-16(9(6)17)10-12-14-15-13-10/h2-5H,1H3,(H,12,13,14,15). The van der Waals surface area contributed by atoms with E-state index in [2.05, 4.69) is 25.6 Å². The number of hydrogen-bond donors (Lipinski definition) is 1. The minimum absolute atomic E-state index is 0.150. The average Bonchev–Trinajstić information content (AvgIpc) is 2.92. The molecule has 0 aliphatic heterocycles. The zero-order valence-corrected chi connectivity index (χ0v) is 9.36. The molecule has 0 aliphatic carbocycles. The van der Waals surface area contributed by atoms with Crippen LogP contribution in [-0.2, 0) is 0 Å². The molecule has 0 unspecified atom stereocenters. The second-order valence-electron chi connectivity index (χ2n) is 3.49. The highest BCUT2D eigenvalue weighted by molar-refractivity contribution is 5.83. The van der Waals surface area contributed by atoms with Crippen molar-refractivity contribution in [2.45, 2.75) is 0 Å². The van der Waals surface area contributed by atoms with Gasteiger partial charge in [-0.05, 0) is 17.3 Å². The second-order valence-corrected chi connectivity index (χ2v) is 3.49. The number of tetrazole rings is 1. The minimum Gasteiger partial charge on any atom is -0.494 e. The first-order chi connectivity index (χ1) is 8.81. The summed E-state index contributed by atoms with van der Waals surface area (Å²) >= 11 is 0. The molecule has 2 aromatic heterocycles. The molecule has 0 saturated carbocycles. The van der Waals surface area contributed by atoms with Crippen LogP contribution in [0, 0.1) is 0 Å². The number of para-hydroxylation sites is 1. The number of rotatable bonds is 2. The summed E-state index contributed by atoms with van der Waals surface area (Å²) in [6.07, 6.45) is 1.35. The van der Waals surface area contributed by atoms with E-state index in [9.17, 15) is 4.79 Å². The van der Waals surface area contributed by atoms with E-state index < -0.39 is 0 Å². The van der Waals surface area contributed by atoms with E-state index in [1.165, 1.54) is 18.0 Å². The number of hydrogen-bond acceptors (Lipinski definition) is 6. The predicted octanol–water partition coefficient (Wildman–Crippen LogP) is -0.0926. The van der Waals surface area contributed by atoms with Crippen molar-refractivity contribution in [3.05, 3.63) is 34.9 Å². The maximum absolute atomic E-state index is 12.2. The first-order valence-electron chi connectivity index (χ1n) is 5.09. The molecule has 0 bridgehead atoms. The third kappa shape index (κ3) is 1.43. The topological polar surface area (TPSA) is 98.6 Å². The van der Waals surface area contributed by atoms with E-state index in [-0.39, 0.29) is 11.5 Å². The predicted molar refractivity (Wildman–Crippen MR) is 61.6 cm³/mol. The number of fused-ring (bicyclic) bond motifs is 1. The number of nitrogens with zero attached hydrogens (tertiary/aromatic N) is 5. The molecule has 0 fully saturated rings. The van der Waals surface area contributed by atoms with Crippen LogP contribution < -0.4 is 10.3 Å². The molecule has 2 heterocycles. The van der Waals surface area contributed by atoms with Crippen LogP contribution in [0.15, 0.2) is 29.3 Å². The van der Waals surface area contributed by atoms with Crippen LogP contribution in [0.2, 0.25) is 0 Å². The third-order valence-corrected chi connectivity index (χ3v) is 2.52. The van der Waals surface area contributed by atoms with Crippen molar-refractivity contribution in [3.63, 3.8) is 0 Å². The summed E-state index contributed by atoms with van der Waals surface area (Å²) in [4.78, 5) is 16.4. The van der Waals surface area contributed by atoms with Gasteiger partial charge in [-0.25, -0.2) is 9.55 Å². The van der Waals surface area contributed by atoms with E-state index in [0.717, 1.165) is 0 Å². The van der Waals surface area contributed by atoms with E-state index in [1.807, 2.05) is 0 Å². The monoisotopic (exact) mass is 244 g/mol. The Morgan fingerprint density at radius 2 is 2.28 bits per heavy atom. The van der Waals surface area contributed by atoms with Gasteiger partial charge in [-0.15, -0.1) is 5.10 Å².